The second kappa shape index (κ2) is 7.65. The molecule has 4 nitrogen and oxygen atoms in total. The highest BCUT2D eigenvalue weighted by atomic mass is 16.5. The van der Waals surface area contributed by atoms with Gasteiger partial charge in [-0.15, -0.1) is 0 Å². The molecule has 0 N–H and O–H groups in total. The third-order valence-corrected chi connectivity index (χ3v) is 5.83. The lowest BCUT2D eigenvalue weighted by Gasteiger charge is -2.34. The van der Waals surface area contributed by atoms with Gasteiger partial charge in [-0.3, -0.25) is 4.90 Å². The number of benzene rings is 2. The summed E-state index contributed by atoms with van der Waals surface area (Å²) in [5.41, 5.74) is 5.32. The molecule has 0 spiro atoms. The Balaban J connectivity index is 1.80. The standard InChI is InChI=1S/C23H27NO3/c1-25-19-9-6-16(7-10-19)21-15-24-12-4-5-18(24)14-20(21)17-8-11-22(26-2)23(13-17)27-3/h6-11,13,18H,4-5,12,14-15H2,1-3H3. The number of ether oxygens (including phenoxy) is 3. The number of fused-ring (bicyclic) bond motifs is 1. The molecule has 142 valence electrons. The van der Waals surface area contributed by atoms with Gasteiger partial charge in [-0.2, -0.15) is 0 Å². The lowest BCUT2D eigenvalue weighted by Crippen LogP contribution is -2.35. The van der Waals surface area contributed by atoms with E-state index in [-0.39, 0.29) is 0 Å². The molecule has 1 unspecified atom stereocenters. The van der Waals surface area contributed by atoms with Crippen molar-refractivity contribution in [2.75, 3.05) is 34.4 Å². The minimum Gasteiger partial charge on any atom is -0.497 e. The smallest absolute Gasteiger partial charge is 0.161 e. The van der Waals surface area contributed by atoms with Gasteiger partial charge >= 0.3 is 0 Å². The molecule has 2 aliphatic heterocycles. The normalized spacial score (nSPS) is 19.7. The van der Waals surface area contributed by atoms with E-state index in [1.165, 1.54) is 41.7 Å². The number of nitrogens with zero attached hydrogens (tertiary/aromatic N) is 1. The Kier molecular flexibility index (Phi) is 5.08. The summed E-state index contributed by atoms with van der Waals surface area (Å²) in [5.74, 6) is 2.44. The molecule has 1 saturated heterocycles. The van der Waals surface area contributed by atoms with E-state index in [9.17, 15) is 0 Å². The number of rotatable bonds is 5. The molecule has 1 fully saturated rings. The first-order valence-electron chi connectivity index (χ1n) is 9.56. The molecule has 2 aromatic rings. The summed E-state index contributed by atoms with van der Waals surface area (Å²) < 4.78 is 16.3. The Morgan fingerprint density at radius 3 is 2.26 bits per heavy atom. The van der Waals surface area contributed by atoms with Crippen LogP contribution in [0, 0.1) is 0 Å². The highest BCUT2D eigenvalue weighted by molar-refractivity contribution is 5.93. The molecule has 0 aromatic heterocycles. The SMILES string of the molecule is COc1ccc(C2=C(c3ccc(OC)c(OC)c3)CC3CCCN3C2)cc1. The third-order valence-electron chi connectivity index (χ3n) is 5.83. The van der Waals surface area contributed by atoms with Gasteiger partial charge in [0.2, 0.25) is 0 Å². The van der Waals surface area contributed by atoms with Gasteiger partial charge in [0.25, 0.3) is 0 Å². The summed E-state index contributed by atoms with van der Waals surface area (Å²) in [6.45, 7) is 2.20. The van der Waals surface area contributed by atoms with Gasteiger partial charge in [0.15, 0.2) is 11.5 Å². The van der Waals surface area contributed by atoms with Gasteiger partial charge in [-0.25, -0.2) is 0 Å². The van der Waals surface area contributed by atoms with E-state index in [1.54, 1.807) is 21.3 Å². The van der Waals surface area contributed by atoms with Gasteiger partial charge in [0, 0.05) is 12.6 Å². The molecule has 2 aromatic carbocycles. The van der Waals surface area contributed by atoms with E-state index in [0.29, 0.717) is 6.04 Å². The van der Waals surface area contributed by atoms with Gasteiger partial charge in [0.1, 0.15) is 5.75 Å². The van der Waals surface area contributed by atoms with Crippen molar-refractivity contribution in [2.24, 2.45) is 0 Å². The topological polar surface area (TPSA) is 30.9 Å². The first-order chi connectivity index (χ1) is 13.2. The zero-order chi connectivity index (χ0) is 18.8. The maximum Gasteiger partial charge on any atom is 0.161 e. The van der Waals surface area contributed by atoms with Crippen molar-refractivity contribution in [3.8, 4) is 17.2 Å². The average molecular weight is 365 g/mol. The molecule has 2 aliphatic rings. The molecule has 4 rings (SSSR count). The second-order valence-electron chi connectivity index (χ2n) is 7.23. The molecule has 4 heteroatoms. The second-order valence-corrected chi connectivity index (χ2v) is 7.23. The van der Waals surface area contributed by atoms with Crippen LogP contribution in [-0.2, 0) is 0 Å². The minimum atomic E-state index is 0.648. The van der Waals surface area contributed by atoms with Crippen LogP contribution >= 0.6 is 0 Å². The molecule has 0 radical (unpaired) electrons. The van der Waals surface area contributed by atoms with Crippen LogP contribution < -0.4 is 14.2 Å². The molecule has 0 aliphatic carbocycles. The van der Waals surface area contributed by atoms with Crippen molar-refractivity contribution in [2.45, 2.75) is 25.3 Å². The Hall–Kier alpha value is -2.46. The fraction of sp³-hybridized carbons (Fsp3) is 0.391. The van der Waals surface area contributed by atoms with Crippen LogP contribution in [0.4, 0.5) is 0 Å². The van der Waals surface area contributed by atoms with E-state index >= 15 is 0 Å². The van der Waals surface area contributed by atoms with Crippen molar-refractivity contribution in [1.82, 2.24) is 4.90 Å². The van der Waals surface area contributed by atoms with Gasteiger partial charge in [0.05, 0.1) is 21.3 Å². The van der Waals surface area contributed by atoms with Crippen LogP contribution in [0.15, 0.2) is 42.5 Å². The number of hydrogen-bond donors (Lipinski definition) is 0. The summed E-state index contributed by atoms with van der Waals surface area (Å²) in [7, 11) is 5.08. The molecular formula is C23H27NO3. The average Bonchev–Trinajstić information content (AvgIpc) is 3.20. The van der Waals surface area contributed by atoms with Crippen molar-refractivity contribution < 1.29 is 14.2 Å². The van der Waals surface area contributed by atoms with Crippen molar-refractivity contribution in [1.29, 1.82) is 0 Å². The first-order valence-corrected chi connectivity index (χ1v) is 9.56. The lowest BCUT2D eigenvalue weighted by molar-refractivity contribution is 0.281. The Bertz CT molecular complexity index is 841. The Morgan fingerprint density at radius 1 is 0.815 bits per heavy atom. The molecule has 27 heavy (non-hydrogen) atoms. The fourth-order valence-corrected chi connectivity index (χ4v) is 4.37. The van der Waals surface area contributed by atoms with Crippen molar-refractivity contribution >= 4 is 11.1 Å². The van der Waals surface area contributed by atoms with Crippen LogP contribution in [0.25, 0.3) is 11.1 Å². The minimum absolute atomic E-state index is 0.648. The fourth-order valence-electron chi connectivity index (χ4n) is 4.37. The summed E-state index contributed by atoms with van der Waals surface area (Å²) in [6.07, 6.45) is 3.66. The van der Waals surface area contributed by atoms with E-state index in [4.69, 9.17) is 14.2 Å². The van der Waals surface area contributed by atoms with E-state index in [1.807, 2.05) is 18.2 Å². The van der Waals surface area contributed by atoms with Crippen LogP contribution in [-0.4, -0.2) is 45.4 Å². The first kappa shape index (κ1) is 17.9. The van der Waals surface area contributed by atoms with Crippen molar-refractivity contribution in [3.05, 3.63) is 53.6 Å². The molecule has 0 amide bonds. The van der Waals surface area contributed by atoms with E-state index < -0.39 is 0 Å². The number of methoxy groups -OCH3 is 3. The summed E-state index contributed by atoms with van der Waals surface area (Å²) in [6, 6.07) is 15.4. The zero-order valence-corrected chi connectivity index (χ0v) is 16.3. The zero-order valence-electron chi connectivity index (χ0n) is 16.3. The van der Waals surface area contributed by atoms with Gasteiger partial charge in [-0.05, 0) is 72.3 Å². The molecule has 1 atom stereocenters. The summed E-state index contributed by atoms with van der Waals surface area (Å²) >= 11 is 0. The number of hydrogen-bond acceptors (Lipinski definition) is 4. The molecule has 0 bridgehead atoms. The molecular weight excluding hydrogens is 338 g/mol. The van der Waals surface area contributed by atoms with Crippen molar-refractivity contribution in [3.63, 3.8) is 0 Å². The van der Waals surface area contributed by atoms with E-state index in [0.717, 1.165) is 30.2 Å². The van der Waals surface area contributed by atoms with E-state index in [2.05, 4.69) is 29.2 Å². The maximum absolute atomic E-state index is 5.55. The van der Waals surface area contributed by atoms with Crippen LogP contribution in [0.1, 0.15) is 30.4 Å². The van der Waals surface area contributed by atoms with Crippen LogP contribution in [0.5, 0.6) is 17.2 Å². The maximum atomic E-state index is 5.55. The summed E-state index contributed by atoms with van der Waals surface area (Å²) in [4.78, 5) is 2.63. The Morgan fingerprint density at radius 2 is 1.56 bits per heavy atom. The Labute approximate surface area is 161 Å². The van der Waals surface area contributed by atoms with Crippen LogP contribution in [0.3, 0.4) is 0 Å². The summed E-state index contributed by atoms with van der Waals surface area (Å²) in [5, 5.41) is 0. The lowest BCUT2D eigenvalue weighted by atomic mass is 9.86. The molecule has 0 saturated carbocycles. The molecule has 2 heterocycles. The van der Waals surface area contributed by atoms with Gasteiger partial charge in [-0.1, -0.05) is 18.2 Å². The predicted octanol–water partition coefficient (Wildman–Crippen LogP) is 4.49. The monoisotopic (exact) mass is 365 g/mol. The third kappa shape index (κ3) is 3.42. The van der Waals surface area contributed by atoms with Crippen LogP contribution in [0.2, 0.25) is 0 Å². The largest absolute Gasteiger partial charge is 0.497 e. The van der Waals surface area contributed by atoms with Gasteiger partial charge < -0.3 is 14.2 Å². The quantitative estimate of drug-likeness (QED) is 0.781. The highest BCUT2D eigenvalue weighted by Crippen LogP contribution is 2.41. The highest BCUT2D eigenvalue weighted by Gasteiger charge is 2.32. The predicted molar refractivity (Wildman–Crippen MR) is 109 cm³/mol.